The summed E-state index contributed by atoms with van der Waals surface area (Å²) < 4.78 is 7.81. The van der Waals surface area contributed by atoms with Gasteiger partial charge in [-0.1, -0.05) is 24.3 Å². The van der Waals surface area contributed by atoms with Crippen molar-refractivity contribution in [2.45, 2.75) is 32.3 Å². The lowest BCUT2D eigenvalue weighted by Crippen LogP contribution is -2.15. The molecule has 0 aliphatic carbocycles. The number of aliphatic hydroxyl groups is 1. The molecule has 0 atom stereocenters. The average molecular weight is 400 g/mol. The summed E-state index contributed by atoms with van der Waals surface area (Å²) in [7, 11) is 0. The number of imidazole rings is 1. The molecule has 0 saturated carbocycles. The van der Waals surface area contributed by atoms with E-state index in [0.717, 1.165) is 53.4 Å². The van der Waals surface area contributed by atoms with Crippen molar-refractivity contribution < 1.29 is 9.84 Å². The molecule has 0 saturated heterocycles. The Labute approximate surface area is 175 Å². The number of nitrogens with zero attached hydrogens (tertiary/aromatic N) is 3. The van der Waals surface area contributed by atoms with E-state index in [2.05, 4.69) is 28.5 Å². The van der Waals surface area contributed by atoms with Crippen molar-refractivity contribution in [3.8, 4) is 17.0 Å². The van der Waals surface area contributed by atoms with Crippen LogP contribution in [0, 0.1) is 0 Å². The van der Waals surface area contributed by atoms with Gasteiger partial charge in [-0.15, -0.1) is 0 Å². The van der Waals surface area contributed by atoms with E-state index < -0.39 is 5.60 Å². The highest BCUT2D eigenvalue weighted by Gasteiger charge is 2.16. The summed E-state index contributed by atoms with van der Waals surface area (Å²) >= 11 is 0. The van der Waals surface area contributed by atoms with Crippen LogP contribution >= 0.6 is 0 Å². The minimum Gasteiger partial charge on any atom is -0.493 e. The predicted octanol–water partition coefficient (Wildman–Crippen LogP) is 4.69. The van der Waals surface area contributed by atoms with Gasteiger partial charge in [-0.25, -0.2) is 9.97 Å². The molecule has 2 aromatic carbocycles. The first-order chi connectivity index (χ1) is 14.5. The van der Waals surface area contributed by atoms with Crippen LogP contribution in [0.15, 0.2) is 61.1 Å². The van der Waals surface area contributed by atoms with E-state index >= 15 is 0 Å². The first-order valence-electron chi connectivity index (χ1n) is 10.2. The zero-order chi connectivity index (χ0) is 20.7. The summed E-state index contributed by atoms with van der Waals surface area (Å²) in [5.74, 6) is 1.62. The second-order valence-corrected chi connectivity index (χ2v) is 8.17. The van der Waals surface area contributed by atoms with Gasteiger partial charge in [0, 0.05) is 29.8 Å². The SMILES string of the molecule is CC(C)(O)c1ccc(Nc2nc(-c3ccc4c(c3)OCCC4)cn3ccnc23)cc1. The standard InChI is InChI=1S/C24H24N4O2/c1-24(2,29)18-7-9-19(10-8-18)26-22-23-25-11-12-28(23)15-20(27-22)17-6-5-16-4-3-13-30-21(16)14-17/h5-12,14-15,29H,3-4,13H2,1-2H3,(H,26,27). The molecule has 5 rings (SSSR count). The van der Waals surface area contributed by atoms with Gasteiger partial charge in [-0.05, 0) is 56.0 Å². The van der Waals surface area contributed by atoms with Crippen LogP contribution in [-0.4, -0.2) is 26.1 Å². The average Bonchev–Trinajstić information content (AvgIpc) is 3.22. The molecule has 0 bridgehead atoms. The number of aryl methyl sites for hydroxylation is 1. The Morgan fingerprint density at radius 2 is 1.97 bits per heavy atom. The molecule has 0 radical (unpaired) electrons. The van der Waals surface area contributed by atoms with E-state index in [0.29, 0.717) is 5.82 Å². The molecule has 2 N–H and O–H groups in total. The molecular weight excluding hydrogens is 376 g/mol. The van der Waals surface area contributed by atoms with Crippen LogP contribution in [-0.2, 0) is 12.0 Å². The molecule has 0 amide bonds. The van der Waals surface area contributed by atoms with Crippen molar-refractivity contribution in [3.05, 3.63) is 72.2 Å². The zero-order valence-corrected chi connectivity index (χ0v) is 17.1. The summed E-state index contributed by atoms with van der Waals surface area (Å²) in [5, 5.41) is 13.6. The molecular formula is C24H24N4O2. The predicted molar refractivity (Wildman–Crippen MR) is 117 cm³/mol. The van der Waals surface area contributed by atoms with E-state index in [1.807, 2.05) is 41.1 Å². The van der Waals surface area contributed by atoms with Crippen LogP contribution in [0.3, 0.4) is 0 Å². The van der Waals surface area contributed by atoms with Gasteiger partial charge in [0.1, 0.15) is 5.75 Å². The van der Waals surface area contributed by atoms with E-state index in [9.17, 15) is 5.11 Å². The summed E-state index contributed by atoms with van der Waals surface area (Å²) in [6.45, 7) is 4.31. The summed E-state index contributed by atoms with van der Waals surface area (Å²) in [4.78, 5) is 9.31. The summed E-state index contributed by atoms with van der Waals surface area (Å²) in [5.41, 5.74) is 4.71. The van der Waals surface area contributed by atoms with Crippen LogP contribution in [0.2, 0.25) is 0 Å². The Morgan fingerprint density at radius 3 is 2.77 bits per heavy atom. The maximum atomic E-state index is 10.2. The number of anilines is 2. The quantitative estimate of drug-likeness (QED) is 0.520. The van der Waals surface area contributed by atoms with Gasteiger partial charge in [-0.3, -0.25) is 0 Å². The van der Waals surface area contributed by atoms with Crippen LogP contribution in [0.1, 0.15) is 31.4 Å². The van der Waals surface area contributed by atoms with Crippen LogP contribution < -0.4 is 10.1 Å². The van der Waals surface area contributed by atoms with Crippen molar-refractivity contribution in [2.24, 2.45) is 0 Å². The third kappa shape index (κ3) is 3.50. The number of fused-ring (bicyclic) bond motifs is 2. The number of hydrogen-bond acceptors (Lipinski definition) is 5. The highest BCUT2D eigenvalue weighted by molar-refractivity contribution is 5.74. The lowest BCUT2D eigenvalue weighted by Gasteiger charge is -2.19. The fourth-order valence-corrected chi connectivity index (χ4v) is 3.75. The molecule has 0 fully saturated rings. The van der Waals surface area contributed by atoms with Crippen molar-refractivity contribution in [1.82, 2.24) is 14.4 Å². The van der Waals surface area contributed by atoms with Crippen LogP contribution in [0.5, 0.6) is 5.75 Å². The molecule has 6 nitrogen and oxygen atoms in total. The van der Waals surface area contributed by atoms with Crippen molar-refractivity contribution in [3.63, 3.8) is 0 Å². The third-order valence-corrected chi connectivity index (χ3v) is 5.44. The topological polar surface area (TPSA) is 71.7 Å². The lowest BCUT2D eigenvalue weighted by atomic mass is 9.98. The fourth-order valence-electron chi connectivity index (χ4n) is 3.75. The van der Waals surface area contributed by atoms with Gasteiger partial charge in [-0.2, -0.15) is 0 Å². The van der Waals surface area contributed by atoms with Crippen molar-refractivity contribution >= 4 is 17.2 Å². The first kappa shape index (κ1) is 18.6. The Hall–Kier alpha value is -3.38. The summed E-state index contributed by atoms with van der Waals surface area (Å²) in [6, 6.07) is 14.0. The number of nitrogens with one attached hydrogen (secondary N) is 1. The van der Waals surface area contributed by atoms with E-state index in [1.165, 1.54) is 5.56 Å². The second-order valence-electron chi connectivity index (χ2n) is 8.17. The third-order valence-electron chi connectivity index (χ3n) is 5.44. The molecule has 6 heteroatoms. The number of hydrogen-bond donors (Lipinski definition) is 2. The van der Waals surface area contributed by atoms with Crippen molar-refractivity contribution in [1.29, 1.82) is 0 Å². The minimum atomic E-state index is -0.873. The normalized spacial score (nSPS) is 13.7. The van der Waals surface area contributed by atoms with E-state index in [1.54, 1.807) is 20.0 Å². The molecule has 152 valence electrons. The first-order valence-corrected chi connectivity index (χ1v) is 10.2. The molecule has 3 heterocycles. The molecule has 1 aliphatic rings. The zero-order valence-electron chi connectivity index (χ0n) is 17.1. The van der Waals surface area contributed by atoms with Crippen LogP contribution in [0.25, 0.3) is 16.9 Å². The molecule has 2 aromatic heterocycles. The van der Waals surface area contributed by atoms with E-state index in [-0.39, 0.29) is 0 Å². The Kier molecular flexibility index (Phi) is 4.44. The number of benzene rings is 2. The summed E-state index contributed by atoms with van der Waals surface area (Å²) in [6.07, 6.45) is 7.77. The second kappa shape index (κ2) is 7.15. The van der Waals surface area contributed by atoms with Crippen molar-refractivity contribution in [2.75, 3.05) is 11.9 Å². The number of aromatic nitrogens is 3. The Bertz CT molecular complexity index is 1210. The fraction of sp³-hybridized carbons (Fsp3) is 0.250. The maximum Gasteiger partial charge on any atom is 0.180 e. The van der Waals surface area contributed by atoms with Gasteiger partial charge < -0.3 is 19.6 Å². The smallest absolute Gasteiger partial charge is 0.180 e. The van der Waals surface area contributed by atoms with Gasteiger partial charge in [0.2, 0.25) is 0 Å². The molecule has 0 unspecified atom stereocenters. The highest BCUT2D eigenvalue weighted by atomic mass is 16.5. The largest absolute Gasteiger partial charge is 0.493 e. The minimum absolute atomic E-state index is 0.673. The molecule has 30 heavy (non-hydrogen) atoms. The Balaban J connectivity index is 1.52. The maximum absolute atomic E-state index is 10.2. The highest BCUT2D eigenvalue weighted by Crippen LogP contribution is 2.31. The molecule has 0 spiro atoms. The molecule has 4 aromatic rings. The Morgan fingerprint density at radius 1 is 1.13 bits per heavy atom. The monoisotopic (exact) mass is 400 g/mol. The van der Waals surface area contributed by atoms with E-state index in [4.69, 9.17) is 9.72 Å². The van der Waals surface area contributed by atoms with Gasteiger partial charge in [0.25, 0.3) is 0 Å². The lowest BCUT2D eigenvalue weighted by molar-refractivity contribution is 0.0786. The van der Waals surface area contributed by atoms with Gasteiger partial charge in [0.05, 0.1) is 17.9 Å². The number of rotatable bonds is 4. The van der Waals surface area contributed by atoms with Gasteiger partial charge in [0.15, 0.2) is 11.5 Å². The number of ether oxygens (including phenoxy) is 1. The molecule has 1 aliphatic heterocycles. The van der Waals surface area contributed by atoms with Crippen LogP contribution in [0.4, 0.5) is 11.5 Å². The van der Waals surface area contributed by atoms with Gasteiger partial charge >= 0.3 is 0 Å².